The van der Waals surface area contributed by atoms with E-state index in [-0.39, 0.29) is 6.03 Å². The fraction of sp³-hybridized carbons (Fsp3) is 0.917. The van der Waals surface area contributed by atoms with Crippen molar-refractivity contribution in [2.75, 3.05) is 40.3 Å². The third kappa shape index (κ3) is 5.20. The number of likely N-dealkylation sites (tertiary alicyclic amines) is 1. The summed E-state index contributed by atoms with van der Waals surface area (Å²) in [6.07, 6.45) is 1.78. The van der Waals surface area contributed by atoms with Gasteiger partial charge in [0.2, 0.25) is 0 Å². The first-order chi connectivity index (χ1) is 8.30. The lowest BCUT2D eigenvalue weighted by Crippen LogP contribution is -2.52. The summed E-state index contributed by atoms with van der Waals surface area (Å²) in [5, 5.41) is 13.5. The quantitative estimate of drug-likeness (QED) is 0.617. The molecule has 1 unspecified atom stereocenters. The Morgan fingerprint density at radius 1 is 1.50 bits per heavy atom. The maximum atomic E-state index is 11.0. The van der Waals surface area contributed by atoms with Crippen LogP contribution in [0.1, 0.15) is 19.8 Å². The Bertz CT molecular complexity index is 273. The van der Waals surface area contributed by atoms with E-state index < -0.39 is 5.60 Å². The highest BCUT2D eigenvalue weighted by atomic mass is 16.3. The Balaban J connectivity index is 2.27. The number of urea groups is 1. The fourth-order valence-corrected chi connectivity index (χ4v) is 2.41. The maximum Gasteiger partial charge on any atom is 0.314 e. The Morgan fingerprint density at radius 2 is 2.06 bits per heavy atom. The van der Waals surface area contributed by atoms with Crippen LogP contribution in [-0.2, 0) is 0 Å². The number of hydrogen-bond acceptors (Lipinski definition) is 4. The number of carbonyl (C=O) groups is 1. The molecule has 1 aliphatic heterocycles. The van der Waals surface area contributed by atoms with Crippen LogP contribution >= 0.6 is 0 Å². The fourth-order valence-electron chi connectivity index (χ4n) is 2.41. The third-order valence-corrected chi connectivity index (χ3v) is 3.24. The summed E-state index contributed by atoms with van der Waals surface area (Å²) in [6.45, 7) is 4.41. The van der Waals surface area contributed by atoms with Crippen molar-refractivity contribution in [1.82, 2.24) is 15.1 Å². The van der Waals surface area contributed by atoms with Crippen molar-refractivity contribution in [2.24, 2.45) is 5.73 Å². The molecule has 18 heavy (non-hydrogen) atoms. The summed E-state index contributed by atoms with van der Waals surface area (Å²) in [5.74, 6) is 0. The molecule has 1 fully saturated rings. The number of amides is 2. The van der Waals surface area contributed by atoms with Crippen LogP contribution in [0, 0.1) is 0 Å². The molecule has 1 heterocycles. The zero-order valence-electron chi connectivity index (χ0n) is 11.6. The van der Waals surface area contributed by atoms with Crippen LogP contribution in [0.3, 0.4) is 0 Å². The molecule has 6 nitrogen and oxygen atoms in total. The Kier molecular flexibility index (Phi) is 5.37. The predicted molar refractivity (Wildman–Crippen MR) is 71.4 cm³/mol. The maximum absolute atomic E-state index is 11.0. The molecule has 0 saturated carbocycles. The molecule has 2 amide bonds. The molecule has 0 aliphatic carbocycles. The molecule has 6 heteroatoms. The molecule has 4 N–H and O–H groups in total. The topological polar surface area (TPSA) is 81.8 Å². The van der Waals surface area contributed by atoms with E-state index in [9.17, 15) is 9.90 Å². The van der Waals surface area contributed by atoms with Gasteiger partial charge in [-0.1, -0.05) is 0 Å². The SMILES string of the molecule is CN(C)CC(C)(O)CNC1CCN(C(N)=O)CC1. The van der Waals surface area contributed by atoms with E-state index in [0.29, 0.717) is 32.2 Å². The molecular formula is C12H26N4O2. The van der Waals surface area contributed by atoms with Gasteiger partial charge < -0.3 is 26.0 Å². The van der Waals surface area contributed by atoms with E-state index >= 15 is 0 Å². The van der Waals surface area contributed by atoms with Crippen LogP contribution in [0.15, 0.2) is 0 Å². The third-order valence-electron chi connectivity index (χ3n) is 3.24. The molecule has 1 rings (SSSR count). The van der Waals surface area contributed by atoms with Crippen LogP contribution in [-0.4, -0.2) is 72.9 Å². The molecule has 0 spiro atoms. The van der Waals surface area contributed by atoms with Crippen molar-refractivity contribution < 1.29 is 9.90 Å². The normalized spacial score (nSPS) is 21.1. The first-order valence-electron chi connectivity index (χ1n) is 6.45. The first kappa shape index (κ1) is 15.2. The molecule has 1 aliphatic rings. The van der Waals surface area contributed by atoms with Crippen LogP contribution < -0.4 is 11.1 Å². The van der Waals surface area contributed by atoms with Gasteiger partial charge in [-0.15, -0.1) is 0 Å². The summed E-state index contributed by atoms with van der Waals surface area (Å²) in [4.78, 5) is 14.6. The van der Waals surface area contributed by atoms with Gasteiger partial charge in [0.15, 0.2) is 0 Å². The van der Waals surface area contributed by atoms with Gasteiger partial charge in [-0.25, -0.2) is 4.79 Å². The molecule has 0 aromatic heterocycles. The lowest BCUT2D eigenvalue weighted by molar-refractivity contribution is 0.0293. The van der Waals surface area contributed by atoms with E-state index in [0.717, 1.165) is 12.8 Å². The molecule has 1 atom stereocenters. The molecule has 106 valence electrons. The second kappa shape index (κ2) is 6.36. The number of hydrogen-bond donors (Lipinski definition) is 3. The first-order valence-corrected chi connectivity index (χ1v) is 6.45. The van der Waals surface area contributed by atoms with Crippen LogP contribution in [0.25, 0.3) is 0 Å². The lowest BCUT2D eigenvalue weighted by atomic mass is 10.0. The number of piperidine rings is 1. The average molecular weight is 258 g/mol. The van der Waals surface area contributed by atoms with Crippen molar-refractivity contribution in [3.8, 4) is 0 Å². The van der Waals surface area contributed by atoms with E-state index in [1.807, 2.05) is 25.9 Å². The smallest absolute Gasteiger partial charge is 0.314 e. The number of nitrogens with zero attached hydrogens (tertiary/aromatic N) is 2. The average Bonchev–Trinajstić information content (AvgIpc) is 2.25. The summed E-state index contributed by atoms with van der Waals surface area (Å²) in [6, 6.07) is 0.0160. The van der Waals surface area contributed by atoms with Crippen molar-refractivity contribution in [2.45, 2.75) is 31.4 Å². The Labute approximate surface area is 109 Å². The minimum Gasteiger partial charge on any atom is -0.388 e. The van der Waals surface area contributed by atoms with Crippen molar-refractivity contribution in [1.29, 1.82) is 0 Å². The highest BCUT2D eigenvalue weighted by Gasteiger charge is 2.25. The van der Waals surface area contributed by atoms with Gasteiger partial charge in [0, 0.05) is 32.2 Å². The van der Waals surface area contributed by atoms with Crippen molar-refractivity contribution >= 4 is 6.03 Å². The monoisotopic (exact) mass is 258 g/mol. The van der Waals surface area contributed by atoms with Crippen molar-refractivity contribution in [3.63, 3.8) is 0 Å². The summed E-state index contributed by atoms with van der Waals surface area (Å²) >= 11 is 0. The van der Waals surface area contributed by atoms with Gasteiger partial charge in [-0.05, 0) is 33.9 Å². The number of rotatable bonds is 5. The van der Waals surface area contributed by atoms with Crippen LogP contribution in [0.2, 0.25) is 0 Å². The van der Waals surface area contributed by atoms with E-state index in [4.69, 9.17) is 5.73 Å². The molecule has 1 saturated heterocycles. The summed E-state index contributed by atoms with van der Waals surface area (Å²) in [5.41, 5.74) is 4.50. The number of likely N-dealkylation sites (N-methyl/N-ethyl adjacent to an activating group) is 1. The minimum atomic E-state index is -0.732. The van der Waals surface area contributed by atoms with E-state index in [2.05, 4.69) is 5.32 Å². The standard InChI is InChI=1S/C12H26N4O2/c1-12(18,9-15(2)3)8-14-10-4-6-16(7-5-10)11(13)17/h10,14,18H,4-9H2,1-3H3,(H2,13,17). The second-order valence-corrected chi connectivity index (χ2v) is 5.72. The number of nitrogens with two attached hydrogens (primary N) is 1. The molecule has 0 aromatic rings. The largest absolute Gasteiger partial charge is 0.388 e. The second-order valence-electron chi connectivity index (χ2n) is 5.72. The van der Waals surface area contributed by atoms with E-state index in [1.54, 1.807) is 4.90 Å². The lowest BCUT2D eigenvalue weighted by Gasteiger charge is -2.34. The van der Waals surface area contributed by atoms with Gasteiger partial charge in [0.25, 0.3) is 0 Å². The van der Waals surface area contributed by atoms with Gasteiger partial charge in [-0.2, -0.15) is 0 Å². The zero-order valence-corrected chi connectivity index (χ0v) is 11.6. The molecular weight excluding hydrogens is 232 g/mol. The molecule has 0 radical (unpaired) electrons. The number of primary amides is 1. The van der Waals surface area contributed by atoms with Gasteiger partial charge in [0.05, 0.1) is 5.60 Å². The number of nitrogens with one attached hydrogen (secondary N) is 1. The number of carbonyl (C=O) groups excluding carboxylic acids is 1. The number of aliphatic hydroxyl groups is 1. The van der Waals surface area contributed by atoms with Crippen molar-refractivity contribution in [3.05, 3.63) is 0 Å². The van der Waals surface area contributed by atoms with Gasteiger partial charge >= 0.3 is 6.03 Å². The Hall–Kier alpha value is -0.850. The predicted octanol–water partition coefficient (Wildman–Crippen LogP) is -0.568. The van der Waals surface area contributed by atoms with E-state index in [1.165, 1.54) is 0 Å². The summed E-state index contributed by atoms with van der Waals surface area (Å²) in [7, 11) is 3.89. The molecule has 0 aromatic carbocycles. The highest BCUT2D eigenvalue weighted by Crippen LogP contribution is 2.11. The van der Waals surface area contributed by atoms with Crippen LogP contribution in [0.4, 0.5) is 4.79 Å². The van der Waals surface area contributed by atoms with Gasteiger partial charge in [0.1, 0.15) is 0 Å². The zero-order chi connectivity index (χ0) is 13.8. The highest BCUT2D eigenvalue weighted by molar-refractivity contribution is 5.72. The summed E-state index contributed by atoms with van der Waals surface area (Å²) < 4.78 is 0. The minimum absolute atomic E-state index is 0.340. The molecule has 0 bridgehead atoms. The van der Waals surface area contributed by atoms with Gasteiger partial charge in [-0.3, -0.25) is 0 Å². The Morgan fingerprint density at radius 3 is 2.50 bits per heavy atom. The van der Waals surface area contributed by atoms with Crippen LogP contribution in [0.5, 0.6) is 0 Å².